The number of hydrogen-bond acceptors (Lipinski definition) is 3. The maximum atomic E-state index is 12.9. The number of aryl methyl sites for hydroxylation is 1. The van der Waals surface area contributed by atoms with Gasteiger partial charge in [0.25, 0.3) is 5.91 Å². The lowest BCUT2D eigenvalue weighted by molar-refractivity contribution is 0.0949. The Hall–Kier alpha value is -2.92. The van der Waals surface area contributed by atoms with Crippen LogP contribution in [0.4, 0.5) is 0 Å². The first-order valence-electron chi connectivity index (χ1n) is 10.8. The fraction of sp³-hybridized carbons (Fsp3) is 0.360. The van der Waals surface area contributed by atoms with E-state index in [0.717, 1.165) is 23.5 Å². The van der Waals surface area contributed by atoms with Crippen LogP contribution >= 0.6 is 0 Å². The molecule has 1 saturated heterocycles. The van der Waals surface area contributed by atoms with Crippen molar-refractivity contribution in [1.29, 1.82) is 0 Å². The maximum Gasteiger partial charge on any atom is 0.255 e. The standard InChI is InChI=1S/C25H30N4O/c1-19-24(20(2)29(27-19)18-22-8-4-3-5-9-22)25(30)26-16-21-10-12-23(13-11-21)17-28-14-6-7-15-28/h3-5,8-13H,6-7,14-18H2,1-2H3,(H,26,30). The number of benzene rings is 2. The van der Waals surface area contributed by atoms with Crippen molar-refractivity contribution in [1.82, 2.24) is 20.0 Å². The van der Waals surface area contributed by atoms with Gasteiger partial charge < -0.3 is 5.32 Å². The minimum atomic E-state index is -0.0644. The van der Waals surface area contributed by atoms with E-state index in [2.05, 4.69) is 51.7 Å². The zero-order valence-corrected chi connectivity index (χ0v) is 17.9. The zero-order valence-electron chi connectivity index (χ0n) is 17.9. The molecule has 0 radical (unpaired) electrons. The van der Waals surface area contributed by atoms with Gasteiger partial charge in [0.2, 0.25) is 0 Å². The molecule has 0 saturated carbocycles. The Morgan fingerprint density at radius 2 is 1.53 bits per heavy atom. The third kappa shape index (κ3) is 4.79. The van der Waals surface area contributed by atoms with Gasteiger partial charge in [-0.05, 0) is 56.5 Å². The van der Waals surface area contributed by atoms with Gasteiger partial charge in [-0.25, -0.2) is 0 Å². The minimum Gasteiger partial charge on any atom is -0.348 e. The van der Waals surface area contributed by atoms with Crippen LogP contribution in [0.25, 0.3) is 0 Å². The van der Waals surface area contributed by atoms with Crippen LogP contribution in [-0.2, 0) is 19.6 Å². The molecule has 1 aliphatic rings. The first-order valence-corrected chi connectivity index (χ1v) is 10.8. The highest BCUT2D eigenvalue weighted by Crippen LogP contribution is 2.16. The van der Waals surface area contributed by atoms with Crippen molar-refractivity contribution in [3.63, 3.8) is 0 Å². The molecule has 0 aliphatic carbocycles. The lowest BCUT2D eigenvalue weighted by Crippen LogP contribution is -2.24. The number of nitrogens with zero attached hydrogens (tertiary/aromatic N) is 3. The Kier molecular flexibility index (Phi) is 6.29. The third-order valence-electron chi connectivity index (χ3n) is 5.86. The highest BCUT2D eigenvalue weighted by atomic mass is 16.1. The van der Waals surface area contributed by atoms with Crippen LogP contribution in [0.2, 0.25) is 0 Å². The minimum absolute atomic E-state index is 0.0644. The van der Waals surface area contributed by atoms with Gasteiger partial charge in [0.05, 0.1) is 17.8 Å². The highest BCUT2D eigenvalue weighted by molar-refractivity contribution is 5.96. The van der Waals surface area contributed by atoms with Crippen LogP contribution in [0, 0.1) is 13.8 Å². The molecule has 156 valence electrons. The molecule has 30 heavy (non-hydrogen) atoms. The van der Waals surface area contributed by atoms with Gasteiger partial charge in [0.1, 0.15) is 0 Å². The molecular formula is C25H30N4O. The fourth-order valence-corrected chi connectivity index (χ4v) is 4.17. The van der Waals surface area contributed by atoms with Crippen molar-refractivity contribution < 1.29 is 4.79 Å². The normalized spacial score (nSPS) is 14.2. The molecule has 0 atom stereocenters. The number of carbonyl (C=O) groups is 1. The Bertz CT molecular complexity index is 986. The summed E-state index contributed by atoms with van der Waals surface area (Å²) in [6, 6.07) is 18.8. The average molecular weight is 403 g/mol. The predicted molar refractivity (Wildman–Crippen MR) is 119 cm³/mol. The zero-order chi connectivity index (χ0) is 20.9. The molecule has 3 aromatic rings. The second-order valence-electron chi connectivity index (χ2n) is 8.17. The number of rotatable bonds is 7. The lowest BCUT2D eigenvalue weighted by atomic mass is 10.1. The van der Waals surface area contributed by atoms with Gasteiger partial charge >= 0.3 is 0 Å². The highest BCUT2D eigenvalue weighted by Gasteiger charge is 2.18. The molecule has 5 nitrogen and oxygen atoms in total. The van der Waals surface area contributed by atoms with E-state index in [0.29, 0.717) is 18.7 Å². The summed E-state index contributed by atoms with van der Waals surface area (Å²) in [6.07, 6.45) is 2.62. The maximum absolute atomic E-state index is 12.9. The van der Waals surface area contributed by atoms with Gasteiger partial charge in [-0.2, -0.15) is 5.10 Å². The fourth-order valence-electron chi connectivity index (χ4n) is 4.17. The van der Waals surface area contributed by atoms with E-state index in [4.69, 9.17) is 0 Å². The second kappa shape index (κ2) is 9.26. The van der Waals surface area contributed by atoms with E-state index in [1.807, 2.05) is 36.7 Å². The predicted octanol–water partition coefficient (Wildman–Crippen LogP) is 4.07. The van der Waals surface area contributed by atoms with Crippen LogP contribution in [0.1, 0.15) is 51.3 Å². The quantitative estimate of drug-likeness (QED) is 0.648. The van der Waals surface area contributed by atoms with Crippen molar-refractivity contribution in [3.05, 3.63) is 88.2 Å². The van der Waals surface area contributed by atoms with Crippen LogP contribution in [0.5, 0.6) is 0 Å². The molecule has 1 amide bonds. The largest absolute Gasteiger partial charge is 0.348 e. The molecule has 4 rings (SSSR count). The van der Waals surface area contributed by atoms with Crippen LogP contribution in [0.3, 0.4) is 0 Å². The topological polar surface area (TPSA) is 50.2 Å². The van der Waals surface area contributed by atoms with E-state index in [9.17, 15) is 4.79 Å². The lowest BCUT2D eigenvalue weighted by Gasteiger charge is -2.14. The molecule has 5 heteroatoms. The Balaban J connectivity index is 1.37. The van der Waals surface area contributed by atoms with Gasteiger partial charge in [0.15, 0.2) is 0 Å². The number of nitrogens with one attached hydrogen (secondary N) is 1. The summed E-state index contributed by atoms with van der Waals surface area (Å²) < 4.78 is 1.91. The Labute approximate surface area is 178 Å². The third-order valence-corrected chi connectivity index (χ3v) is 5.86. The van der Waals surface area contributed by atoms with Crippen molar-refractivity contribution in [2.75, 3.05) is 13.1 Å². The van der Waals surface area contributed by atoms with E-state index in [1.54, 1.807) is 0 Å². The summed E-state index contributed by atoms with van der Waals surface area (Å²) in [5.74, 6) is -0.0644. The molecule has 1 N–H and O–H groups in total. The van der Waals surface area contributed by atoms with Crippen LogP contribution in [-0.4, -0.2) is 33.7 Å². The molecular weight excluding hydrogens is 372 g/mol. The van der Waals surface area contributed by atoms with E-state index in [1.165, 1.54) is 37.1 Å². The summed E-state index contributed by atoms with van der Waals surface area (Å²) in [4.78, 5) is 15.3. The van der Waals surface area contributed by atoms with Crippen molar-refractivity contribution >= 4 is 5.91 Å². The molecule has 1 aliphatic heterocycles. The van der Waals surface area contributed by atoms with E-state index >= 15 is 0 Å². The van der Waals surface area contributed by atoms with Crippen LogP contribution in [0.15, 0.2) is 54.6 Å². The summed E-state index contributed by atoms with van der Waals surface area (Å²) in [5, 5.41) is 7.66. The summed E-state index contributed by atoms with van der Waals surface area (Å²) >= 11 is 0. The summed E-state index contributed by atoms with van der Waals surface area (Å²) in [6.45, 7) is 8.47. The number of hydrogen-bond donors (Lipinski definition) is 1. The molecule has 1 fully saturated rings. The summed E-state index contributed by atoms with van der Waals surface area (Å²) in [7, 11) is 0. The van der Waals surface area contributed by atoms with E-state index < -0.39 is 0 Å². The second-order valence-corrected chi connectivity index (χ2v) is 8.17. The molecule has 2 aromatic carbocycles. The Morgan fingerprint density at radius 1 is 0.900 bits per heavy atom. The molecule has 0 bridgehead atoms. The van der Waals surface area contributed by atoms with E-state index in [-0.39, 0.29) is 5.91 Å². The number of amides is 1. The average Bonchev–Trinajstić information content (AvgIpc) is 3.36. The van der Waals surface area contributed by atoms with Gasteiger partial charge in [-0.3, -0.25) is 14.4 Å². The number of aromatic nitrogens is 2. The van der Waals surface area contributed by atoms with Crippen molar-refractivity contribution in [2.24, 2.45) is 0 Å². The first kappa shape index (κ1) is 20.4. The molecule has 0 unspecified atom stereocenters. The van der Waals surface area contributed by atoms with Gasteiger partial charge in [-0.15, -0.1) is 0 Å². The van der Waals surface area contributed by atoms with Crippen molar-refractivity contribution in [2.45, 2.75) is 46.3 Å². The van der Waals surface area contributed by atoms with Crippen LogP contribution < -0.4 is 5.32 Å². The van der Waals surface area contributed by atoms with Crippen molar-refractivity contribution in [3.8, 4) is 0 Å². The molecule has 2 heterocycles. The SMILES string of the molecule is Cc1nn(Cc2ccccc2)c(C)c1C(=O)NCc1ccc(CN2CCCC2)cc1. The monoisotopic (exact) mass is 402 g/mol. The smallest absolute Gasteiger partial charge is 0.255 e. The summed E-state index contributed by atoms with van der Waals surface area (Å²) in [5.41, 5.74) is 5.96. The van der Waals surface area contributed by atoms with Gasteiger partial charge in [0, 0.05) is 18.8 Å². The molecule has 1 aromatic heterocycles. The van der Waals surface area contributed by atoms with Gasteiger partial charge in [-0.1, -0.05) is 54.6 Å². The Morgan fingerprint density at radius 3 is 2.23 bits per heavy atom. The molecule has 0 spiro atoms. The number of likely N-dealkylation sites (tertiary alicyclic amines) is 1. The number of carbonyl (C=O) groups excluding carboxylic acids is 1. The first-order chi connectivity index (χ1) is 14.6.